The molecule has 0 fully saturated rings. The van der Waals surface area contributed by atoms with Crippen molar-refractivity contribution < 1.29 is 9.53 Å². The number of aromatic nitrogens is 1. The molecule has 0 saturated carbocycles. The van der Waals surface area contributed by atoms with Crippen LogP contribution >= 0.6 is 15.9 Å². The average molecular weight is 307 g/mol. The fourth-order valence-electron chi connectivity index (χ4n) is 1.64. The number of hydrogen-bond acceptors (Lipinski definition) is 3. The molecule has 0 aliphatic rings. The average Bonchev–Trinajstić information content (AvgIpc) is 2.37. The maximum atomic E-state index is 11.0. The Morgan fingerprint density at radius 1 is 1.22 bits per heavy atom. The third-order valence-electron chi connectivity index (χ3n) is 2.37. The minimum absolute atomic E-state index is 0.548. The zero-order chi connectivity index (χ0) is 13.0. The normalized spacial score (nSPS) is 11.8. The number of carbonyl (C=O) groups excluding carboxylic acids is 1. The lowest BCUT2D eigenvalue weighted by atomic mass is 10.0. The van der Waals surface area contributed by atoms with Gasteiger partial charge in [-0.1, -0.05) is 30.3 Å². The van der Waals surface area contributed by atoms with Crippen molar-refractivity contribution in [3.63, 3.8) is 0 Å². The summed E-state index contributed by atoms with van der Waals surface area (Å²) in [6.07, 6.45) is 1.94. The minimum Gasteiger partial charge on any atom is -0.437 e. The lowest BCUT2D eigenvalue weighted by molar-refractivity contribution is 0.126. The first-order chi connectivity index (χ1) is 8.66. The highest BCUT2D eigenvalue weighted by molar-refractivity contribution is 9.10. The van der Waals surface area contributed by atoms with E-state index >= 15 is 0 Å². The molecule has 5 heteroatoms. The Balaban J connectivity index is 2.40. The number of benzene rings is 1. The SMILES string of the molecule is NC(=O)OC(c1ccccc1)c1cncc(Br)c1. The summed E-state index contributed by atoms with van der Waals surface area (Å²) in [6, 6.07) is 11.2. The number of pyridine rings is 1. The first-order valence-electron chi connectivity index (χ1n) is 5.28. The first-order valence-corrected chi connectivity index (χ1v) is 6.07. The lowest BCUT2D eigenvalue weighted by Gasteiger charge is -2.17. The summed E-state index contributed by atoms with van der Waals surface area (Å²) < 4.78 is 5.97. The second-order valence-electron chi connectivity index (χ2n) is 3.66. The van der Waals surface area contributed by atoms with Gasteiger partial charge >= 0.3 is 6.09 Å². The maximum absolute atomic E-state index is 11.0. The Morgan fingerprint density at radius 3 is 2.56 bits per heavy atom. The van der Waals surface area contributed by atoms with Crippen LogP contribution in [0.1, 0.15) is 17.2 Å². The van der Waals surface area contributed by atoms with Crippen LogP contribution in [0.5, 0.6) is 0 Å². The second kappa shape index (κ2) is 5.64. The summed E-state index contributed by atoms with van der Waals surface area (Å²) in [5.41, 5.74) is 6.72. The minimum atomic E-state index is -0.816. The summed E-state index contributed by atoms with van der Waals surface area (Å²) in [5, 5.41) is 0. The number of primary amides is 1. The van der Waals surface area contributed by atoms with E-state index in [4.69, 9.17) is 10.5 Å². The topological polar surface area (TPSA) is 65.2 Å². The number of nitrogens with two attached hydrogens (primary N) is 1. The third kappa shape index (κ3) is 3.07. The van der Waals surface area contributed by atoms with E-state index < -0.39 is 12.2 Å². The highest BCUT2D eigenvalue weighted by atomic mass is 79.9. The summed E-state index contributed by atoms with van der Waals surface area (Å²) in [4.78, 5) is 15.1. The van der Waals surface area contributed by atoms with Gasteiger partial charge in [-0.15, -0.1) is 0 Å². The van der Waals surface area contributed by atoms with E-state index in [1.54, 1.807) is 12.4 Å². The zero-order valence-electron chi connectivity index (χ0n) is 9.42. The van der Waals surface area contributed by atoms with E-state index in [1.807, 2.05) is 36.4 Å². The molecule has 2 N–H and O–H groups in total. The molecule has 0 saturated heterocycles. The predicted octanol–water partition coefficient (Wildman–Crippen LogP) is 3.03. The number of halogens is 1. The highest BCUT2D eigenvalue weighted by Gasteiger charge is 2.18. The van der Waals surface area contributed by atoms with Crippen molar-refractivity contribution in [1.82, 2.24) is 4.98 Å². The monoisotopic (exact) mass is 306 g/mol. The molecule has 0 aliphatic heterocycles. The van der Waals surface area contributed by atoms with Gasteiger partial charge in [0.2, 0.25) is 0 Å². The number of hydrogen-bond donors (Lipinski definition) is 1. The largest absolute Gasteiger partial charge is 0.437 e. The number of carbonyl (C=O) groups is 1. The number of ether oxygens (including phenoxy) is 1. The van der Waals surface area contributed by atoms with Gasteiger partial charge in [-0.3, -0.25) is 4.98 Å². The molecule has 1 amide bonds. The number of nitrogens with zero attached hydrogens (tertiary/aromatic N) is 1. The van der Waals surface area contributed by atoms with E-state index in [0.717, 1.165) is 15.6 Å². The van der Waals surface area contributed by atoms with Gasteiger partial charge in [0, 0.05) is 22.4 Å². The molecule has 18 heavy (non-hydrogen) atoms. The van der Waals surface area contributed by atoms with Gasteiger partial charge < -0.3 is 10.5 Å². The fourth-order valence-corrected chi connectivity index (χ4v) is 2.03. The summed E-state index contributed by atoms with van der Waals surface area (Å²) in [5.74, 6) is 0. The molecule has 92 valence electrons. The molecule has 0 spiro atoms. The van der Waals surface area contributed by atoms with Crippen LogP contribution in [0.3, 0.4) is 0 Å². The van der Waals surface area contributed by atoms with Crippen LogP contribution in [-0.4, -0.2) is 11.1 Å². The van der Waals surface area contributed by atoms with E-state index in [-0.39, 0.29) is 0 Å². The molecule has 1 heterocycles. The van der Waals surface area contributed by atoms with Crippen molar-refractivity contribution in [2.24, 2.45) is 5.73 Å². The van der Waals surface area contributed by atoms with Crippen molar-refractivity contribution >= 4 is 22.0 Å². The van der Waals surface area contributed by atoms with Crippen LogP contribution in [0.25, 0.3) is 0 Å². The van der Waals surface area contributed by atoms with Crippen LogP contribution in [0, 0.1) is 0 Å². The summed E-state index contributed by atoms with van der Waals surface area (Å²) in [6.45, 7) is 0. The number of rotatable bonds is 3. The van der Waals surface area contributed by atoms with E-state index in [0.29, 0.717) is 0 Å². The Hall–Kier alpha value is -1.88. The molecule has 0 aliphatic carbocycles. The molecule has 0 radical (unpaired) electrons. The Bertz CT molecular complexity index is 546. The standard InChI is InChI=1S/C13H11BrN2O2/c14-11-6-10(7-16-8-11)12(18-13(15)17)9-4-2-1-3-5-9/h1-8,12H,(H2,15,17). The third-order valence-corrected chi connectivity index (χ3v) is 2.80. The van der Waals surface area contributed by atoms with Gasteiger partial charge in [0.25, 0.3) is 0 Å². The maximum Gasteiger partial charge on any atom is 0.405 e. The fraction of sp³-hybridized carbons (Fsp3) is 0.0769. The zero-order valence-corrected chi connectivity index (χ0v) is 11.0. The molecule has 1 aromatic carbocycles. The van der Waals surface area contributed by atoms with Crippen LogP contribution in [0.2, 0.25) is 0 Å². The van der Waals surface area contributed by atoms with Crippen LogP contribution in [0.15, 0.2) is 53.3 Å². The van der Waals surface area contributed by atoms with Crippen molar-refractivity contribution in [2.45, 2.75) is 6.10 Å². The quantitative estimate of drug-likeness (QED) is 0.948. The Kier molecular flexibility index (Phi) is 3.94. The Morgan fingerprint density at radius 2 is 1.94 bits per heavy atom. The van der Waals surface area contributed by atoms with Crippen LogP contribution in [-0.2, 0) is 4.74 Å². The van der Waals surface area contributed by atoms with Gasteiger partial charge in [0.1, 0.15) is 0 Å². The van der Waals surface area contributed by atoms with Crippen LogP contribution in [0.4, 0.5) is 4.79 Å². The molecule has 4 nitrogen and oxygen atoms in total. The molecule has 1 atom stereocenters. The van der Waals surface area contributed by atoms with E-state index in [1.165, 1.54) is 0 Å². The van der Waals surface area contributed by atoms with Crippen molar-refractivity contribution in [3.05, 3.63) is 64.4 Å². The van der Waals surface area contributed by atoms with E-state index in [9.17, 15) is 4.79 Å². The van der Waals surface area contributed by atoms with Crippen molar-refractivity contribution in [1.29, 1.82) is 0 Å². The summed E-state index contributed by atoms with van der Waals surface area (Å²) >= 11 is 3.33. The second-order valence-corrected chi connectivity index (χ2v) is 4.58. The predicted molar refractivity (Wildman–Crippen MR) is 70.9 cm³/mol. The molecule has 2 aromatic rings. The molecule has 1 unspecified atom stereocenters. The van der Waals surface area contributed by atoms with E-state index in [2.05, 4.69) is 20.9 Å². The molecular weight excluding hydrogens is 296 g/mol. The number of amides is 1. The Labute approximate surface area is 113 Å². The first kappa shape index (κ1) is 12.6. The molecule has 0 bridgehead atoms. The van der Waals surface area contributed by atoms with Crippen molar-refractivity contribution in [3.8, 4) is 0 Å². The molecule has 2 rings (SSSR count). The molecular formula is C13H11BrN2O2. The van der Waals surface area contributed by atoms with Gasteiger partial charge in [0.15, 0.2) is 6.10 Å². The van der Waals surface area contributed by atoms with Crippen LogP contribution < -0.4 is 5.73 Å². The van der Waals surface area contributed by atoms with Gasteiger partial charge in [-0.2, -0.15) is 0 Å². The summed E-state index contributed by atoms with van der Waals surface area (Å²) in [7, 11) is 0. The van der Waals surface area contributed by atoms with Gasteiger partial charge in [-0.25, -0.2) is 4.79 Å². The van der Waals surface area contributed by atoms with Gasteiger partial charge in [-0.05, 0) is 27.6 Å². The molecule has 1 aromatic heterocycles. The van der Waals surface area contributed by atoms with Gasteiger partial charge in [0.05, 0.1) is 0 Å². The lowest BCUT2D eigenvalue weighted by Crippen LogP contribution is -2.18. The smallest absolute Gasteiger partial charge is 0.405 e. The van der Waals surface area contributed by atoms with Crippen molar-refractivity contribution in [2.75, 3.05) is 0 Å². The highest BCUT2D eigenvalue weighted by Crippen LogP contribution is 2.26.